The molecule has 0 fully saturated rings. The SMILES string of the molecule is COCC(O)CN(C)C(=O)c1c(-c2ccccc2Cl)noc1C. The summed E-state index contributed by atoms with van der Waals surface area (Å²) in [6.07, 6.45) is -0.766. The minimum absolute atomic E-state index is 0.138. The van der Waals surface area contributed by atoms with E-state index < -0.39 is 6.10 Å². The summed E-state index contributed by atoms with van der Waals surface area (Å²) in [6.45, 7) is 1.96. The van der Waals surface area contributed by atoms with Gasteiger partial charge in [-0.15, -0.1) is 0 Å². The maximum absolute atomic E-state index is 12.7. The third-order valence-corrected chi connectivity index (χ3v) is 3.73. The maximum atomic E-state index is 12.7. The molecule has 0 saturated carbocycles. The second-order valence-electron chi connectivity index (χ2n) is 5.24. The Balaban J connectivity index is 2.31. The number of rotatable bonds is 6. The predicted molar refractivity (Wildman–Crippen MR) is 86.5 cm³/mol. The van der Waals surface area contributed by atoms with Crippen LogP contribution in [0.1, 0.15) is 16.1 Å². The van der Waals surface area contributed by atoms with Crippen LogP contribution >= 0.6 is 11.6 Å². The summed E-state index contributed by atoms with van der Waals surface area (Å²) in [6, 6.07) is 7.11. The molecular weight excluding hydrogens is 320 g/mol. The Hall–Kier alpha value is -1.89. The van der Waals surface area contributed by atoms with Gasteiger partial charge in [-0.25, -0.2) is 0 Å². The fourth-order valence-corrected chi connectivity index (χ4v) is 2.52. The van der Waals surface area contributed by atoms with Gasteiger partial charge in [0.1, 0.15) is 17.0 Å². The zero-order valence-corrected chi connectivity index (χ0v) is 14.0. The lowest BCUT2D eigenvalue weighted by atomic mass is 10.1. The molecule has 23 heavy (non-hydrogen) atoms. The molecule has 0 saturated heterocycles. The molecule has 0 spiro atoms. The van der Waals surface area contributed by atoms with Crippen LogP contribution in [-0.2, 0) is 4.74 Å². The van der Waals surface area contributed by atoms with Crippen LogP contribution in [0.25, 0.3) is 11.3 Å². The molecule has 0 aliphatic heterocycles. The number of likely N-dealkylation sites (N-methyl/N-ethyl adjacent to an activating group) is 1. The van der Waals surface area contributed by atoms with Crippen molar-refractivity contribution in [1.29, 1.82) is 0 Å². The molecular formula is C16H19ClN2O4. The van der Waals surface area contributed by atoms with Crippen molar-refractivity contribution in [3.8, 4) is 11.3 Å². The molecule has 1 aromatic heterocycles. The molecule has 1 aromatic carbocycles. The summed E-state index contributed by atoms with van der Waals surface area (Å²) in [5.74, 6) is 0.104. The lowest BCUT2D eigenvalue weighted by molar-refractivity contribution is 0.0380. The summed E-state index contributed by atoms with van der Waals surface area (Å²) >= 11 is 6.19. The minimum atomic E-state index is -0.766. The van der Waals surface area contributed by atoms with E-state index in [-0.39, 0.29) is 19.1 Å². The Morgan fingerprint density at radius 2 is 2.17 bits per heavy atom. The molecule has 1 N–H and O–H groups in total. The maximum Gasteiger partial charge on any atom is 0.259 e. The van der Waals surface area contributed by atoms with Gasteiger partial charge >= 0.3 is 0 Å². The number of hydrogen-bond acceptors (Lipinski definition) is 5. The van der Waals surface area contributed by atoms with Crippen molar-refractivity contribution >= 4 is 17.5 Å². The first-order chi connectivity index (χ1) is 11.0. The van der Waals surface area contributed by atoms with E-state index in [1.165, 1.54) is 12.0 Å². The first-order valence-corrected chi connectivity index (χ1v) is 7.47. The zero-order chi connectivity index (χ0) is 17.0. The second kappa shape index (κ2) is 7.59. The summed E-state index contributed by atoms with van der Waals surface area (Å²) in [4.78, 5) is 14.1. The molecule has 2 rings (SSSR count). The second-order valence-corrected chi connectivity index (χ2v) is 5.64. The number of amides is 1. The van der Waals surface area contributed by atoms with E-state index in [2.05, 4.69) is 5.16 Å². The number of aromatic nitrogens is 1. The predicted octanol–water partition coefficient (Wildman–Crippen LogP) is 2.38. The summed E-state index contributed by atoms with van der Waals surface area (Å²) < 4.78 is 10.1. The number of aliphatic hydroxyl groups is 1. The van der Waals surface area contributed by atoms with Gasteiger partial charge in [-0.1, -0.05) is 35.0 Å². The average Bonchev–Trinajstić information content (AvgIpc) is 2.88. The number of aliphatic hydroxyl groups excluding tert-OH is 1. The molecule has 0 radical (unpaired) electrons. The average molecular weight is 339 g/mol. The summed E-state index contributed by atoms with van der Waals surface area (Å²) in [5.41, 5.74) is 1.36. The Kier molecular flexibility index (Phi) is 5.76. The monoisotopic (exact) mass is 338 g/mol. The van der Waals surface area contributed by atoms with Crippen LogP contribution < -0.4 is 0 Å². The van der Waals surface area contributed by atoms with Crippen molar-refractivity contribution in [2.24, 2.45) is 0 Å². The molecule has 1 atom stereocenters. The van der Waals surface area contributed by atoms with E-state index in [1.807, 2.05) is 6.07 Å². The quantitative estimate of drug-likeness (QED) is 0.875. The fourth-order valence-electron chi connectivity index (χ4n) is 2.30. The van der Waals surface area contributed by atoms with Gasteiger partial charge in [0.2, 0.25) is 0 Å². The molecule has 1 unspecified atom stereocenters. The fraction of sp³-hybridized carbons (Fsp3) is 0.375. The van der Waals surface area contributed by atoms with Crippen molar-refractivity contribution in [2.75, 3.05) is 27.3 Å². The number of nitrogens with zero attached hydrogens (tertiary/aromatic N) is 2. The van der Waals surface area contributed by atoms with E-state index in [4.69, 9.17) is 20.9 Å². The molecule has 6 nitrogen and oxygen atoms in total. The highest BCUT2D eigenvalue weighted by Gasteiger charge is 2.26. The van der Waals surface area contributed by atoms with Crippen LogP contribution in [0.3, 0.4) is 0 Å². The standard InChI is InChI=1S/C16H19ClN2O4/c1-10-14(16(21)19(2)8-11(20)9-22-3)15(18-23-10)12-6-4-5-7-13(12)17/h4-7,11,20H,8-9H2,1-3H3. The lowest BCUT2D eigenvalue weighted by Crippen LogP contribution is -2.36. The van der Waals surface area contributed by atoms with E-state index >= 15 is 0 Å². The smallest absolute Gasteiger partial charge is 0.259 e. The van der Waals surface area contributed by atoms with Gasteiger partial charge < -0.3 is 19.3 Å². The molecule has 124 valence electrons. The highest BCUT2D eigenvalue weighted by Crippen LogP contribution is 2.31. The first kappa shape index (κ1) is 17.5. The van der Waals surface area contributed by atoms with Gasteiger partial charge in [0.25, 0.3) is 5.91 Å². The number of benzene rings is 1. The summed E-state index contributed by atoms with van der Waals surface area (Å²) in [7, 11) is 3.09. The van der Waals surface area contributed by atoms with Crippen molar-refractivity contribution in [1.82, 2.24) is 10.1 Å². The number of halogens is 1. The van der Waals surface area contributed by atoms with Crippen molar-refractivity contribution in [3.05, 3.63) is 40.6 Å². The van der Waals surface area contributed by atoms with Gasteiger partial charge in [-0.05, 0) is 13.0 Å². The minimum Gasteiger partial charge on any atom is -0.389 e. The molecule has 0 aliphatic rings. The Labute approximate surface area is 139 Å². The Morgan fingerprint density at radius 3 is 2.83 bits per heavy atom. The topological polar surface area (TPSA) is 75.8 Å². The Bertz CT molecular complexity index is 686. The van der Waals surface area contributed by atoms with E-state index in [1.54, 1.807) is 32.2 Å². The van der Waals surface area contributed by atoms with Crippen molar-refractivity contribution in [3.63, 3.8) is 0 Å². The van der Waals surface area contributed by atoms with Crippen LogP contribution in [0.4, 0.5) is 0 Å². The largest absolute Gasteiger partial charge is 0.389 e. The van der Waals surface area contributed by atoms with Crippen LogP contribution in [0.5, 0.6) is 0 Å². The molecule has 0 aliphatic carbocycles. The van der Waals surface area contributed by atoms with Crippen LogP contribution in [0.2, 0.25) is 5.02 Å². The number of carbonyl (C=O) groups excluding carboxylic acids is 1. The normalized spacial score (nSPS) is 12.2. The number of ether oxygens (including phenoxy) is 1. The lowest BCUT2D eigenvalue weighted by Gasteiger charge is -2.20. The Morgan fingerprint density at radius 1 is 1.48 bits per heavy atom. The summed E-state index contributed by atoms with van der Waals surface area (Å²) in [5, 5.41) is 14.2. The van der Waals surface area contributed by atoms with Crippen LogP contribution in [0.15, 0.2) is 28.8 Å². The van der Waals surface area contributed by atoms with Gasteiger partial charge in [-0.2, -0.15) is 0 Å². The molecule has 7 heteroatoms. The van der Waals surface area contributed by atoms with Gasteiger partial charge in [0.15, 0.2) is 0 Å². The zero-order valence-electron chi connectivity index (χ0n) is 13.2. The number of aryl methyl sites for hydroxylation is 1. The number of hydrogen-bond donors (Lipinski definition) is 1. The van der Waals surface area contributed by atoms with Crippen LogP contribution in [0, 0.1) is 6.92 Å². The third kappa shape index (κ3) is 3.90. The molecule has 0 bridgehead atoms. The first-order valence-electron chi connectivity index (χ1n) is 7.09. The van der Waals surface area contributed by atoms with Crippen LogP contribution in [-0.4, -0.2) is 54.5 Å². The van der Waals surface area contributed by atoms with E-state index in [0.29, 0.717) is 27.6 Å². The highest BCUT2D eigenvalue weighted by molar-refractivity contribution is 6.33. The highest BCUT2D eigenvalue weighted by atomic mass is 35.5. The van der Waals surface area contributed by atoms with Crippen molar-refractivity contribution in [2.45, 2.75) is 13.0 Å². The number of carbonyl (C=O) groups is 1. The molecule has 1 amide bonds. The van der Waals surface area contributed by atoms with Gasteiger partial charge in [0, 0.05) is 26.3 Å². The van der Waals surface area contributed by atoms with Crippen molar-refractivity contribution < 1.29 is 19.2 Å². The molecule has 1 heterocycles. The number of methoxy groups -OCH3 is 1. The van der Waals surface area contributed by atoms with E-state index in [9.17, 15) is 9.90 Å². The van der Waals surface area contributed by atoms with Gasteiger partial charge in [0.05, 0.1) is 17.7 Å². The molecule has 2 aromatic rings. The van der Waals surface area contributed by atoms with E-state index in [0.717, 1.165) is 0 Å². The third-order valence-electron chi connectivity index (χ3n) is 3.40. The van der Waals surface area contributed by atoms with Gasteiger partial charge in [-0.3, -0.25) is 4.79 Å².